The van der Waals surface area contributed by atoms with Crippen LogP contribution >= 0.6 is 11.6 Å². The van der Waals surface area contributed by atoms with Gasteiger partial charge in [-0.2, -0.15) is 0 Å². The highest BCUT2D eigenvalue weighted by Crippen LogP contribution is 2.27. The topological polar surface area (TPSA) is 35.6 Å². The van der Waals surface area contributed by atoms with Crippen LogP contribution in [0.3, 0.4) is 0 Å². The number of benzene rings is 2. The summed E-state index contributed by atoms with van der Waals surface area (Å²) in [7, 11) is 0. The Morgan fingerprint density at radius 2 is 1.88 bits per heavy atom. The molecular formula is C19H21ClFN3O. The van der Waals surface area contributed by atoms with E-state index in [1.165, 1.54) is 12.1 Å². The van der Waals surface area contributed by atoms with E-state index in [2.05, 4.69) is 22.0 Å². The molecule has 132 valence electrons. The lowest BCUT2D eigenvalue weighted by atomic mass is 10.1. The van der Waals surface area contributed by atoms with E-state index in [0.717, 1.165) is 44.5 Å². The lowest BCUT2D eigenvalue weighted by Crippen LogP contribution is -2.46. The van der Waals surface area contributed by atoms with Crippen molar-refractivity contribution in [2.75, 3.05) is 42.9 Å². The minimum Gasteiger partial charge on any atom is -0.367 e. The van der Waals surface area contributed by atoms with Crippen molar-refractivity contribution in [3.8, 4) is 0 Å². The summed E-state index contributed by atoms with van der Waals surface area (Å²) < 4.78 is 14.0. The van der Waals surface area contributed by atoms with Crippen LogP contribution in [0.2, 0.25) is 5.02 Å². The number of carbonyl (C=O) groups is 1. The van der Waals surface area contributed by atoms with Gasteiger partial charge in [-0.1, -0.05) is 30.7 Å². The average molecular weight is 362 g/mol. The smallest absolute Gasteiger partial charge is 0.258 e. The zero-order valence-corrected chi connectivity index (χ0v) is 14.9. The number of rotatable bonds is 4. The summed E-state index contributed by atoms with van der Waals surface area (Å²) in [6, 6.07) is 11.7. The monoisotopic (exact) mass is 361 g/mol. The summed E-state index contributed by atoms with van der Waals surface area (Å²) in [6.07, 6.45) is 0. The van der Waals surface area contributed by atoms with E-state index in [1.807, 2.05) is 24.3 Å². The Morgan fingerprint density at radius 3 is 2.56 bits per heavy atom. The molecule has 0 unspecified atom stereocenters. The molecule has 1 saturated heterocycles. The fourth-order valence-electron chi connectivity index (χ4n) is 3.02. The Labute approximate surface area is 152 Å². The largest absolute Gasteiger partial charge is 0.367 e. The molecule has 6 heteroatoms. The van der Waals surface area contributed by atoms with Gasteiger partial charge < -0.3 is 15.1 Å². The highest BCUT2D eigenvalue weighted by atomic mass is 35.5. The summed E-state index contributed by atoms with van der Waals surface area (Å²) >= 11 is 5.75. The van der Waals surface area contributed by atoms with Crippen molar-refractivity contribution < 1.29 is 9.18 Å². The molecule has 25 heavy (non-hydrogen) atoms. The number of halogens is 2. The first-order valence-corrected chi connectivity index (χ1v) is 8.79. The number of nitrogens with zero attached hydrogens (tertiary/aromatic N) is 2. The first-order chi connectivity index (χ1) is 12.1. The number of hydrogen-bond donors (Lipinski definition) is 1. The maximum atomic E-state index is 14.0. The number of likely N-dealkylation sites (N-methyl/N-ethyl adjacent to an activating group) is 1. The Kier molecular flexibility index (Phi) is 5.56. The molecule has 0 aromatic heterocycles. The van der Waals surface area contributed by atoms with Crippen LogP contribution in [-0.4, -0.2) is 43.5 Å². The van der Waals surface area contributed by atoms with Crippen molar-refractivity contribution >= 4 is 28.9 Å². The number of para-hydroxylation sites is 2. The van der Waals surface area contributed by atoms with Gasteiger partial charge in [-0.3, -0.25) is 4.79 Å². The van der Waals surface area contributed by atoms with Gasteiger partial charge in [0.1, 0.15) is 5.82 Å². The fraction of sp³-hybridized carbons (Fsp3) is 0.316. The second-order valence-corrected chi connectivity index (χ2v) is 6.45. The van der Waals surface area contributed by atoms with Crippen LogP contribution in [0.5, 0.6) is 0 Å². The second-order valence-electron chi connectivity index (χ2n) is 6.02. The highest BCUT2D eigenvalue weighted by molar-refractivity contribution is 6.30. The van der Waals surface area contributed by atoms with E-state index >= 15 is 0 Å². The number of piperazine rings is 1. The number of carbonyl (C=O) groups excluding carboxylic acids is 1. The van der Waals surface area contributed by atoms with Gasteiger partial charge in [0.05, 0.1) is 16.9 Å². The van der Waals surface area contributed by atoms with E-state index < -0.39 is 11.7 Å². The van der Waals surface area contributed by atoms with Crippen molar-refractivity contribution in [1.29, 1.82) is 0 Å². The molecule has 3 rings (SSSR count). The summed E-state index contributed by atoms with van der Waals surface area (Å²) in [5.41, 5.74) is 1.63. The Hall–Kier alpha value is -2.11. The molecular weight excluding hydrogens is 341 g/mol. The third kappa shape index (κ3) is 4.11. The van der Waals surface area contributed by atoms with Gasteiger partial charge in [0.2, 0.25) is 0 Å². The van der Waals surface area contributed by atoms with Crippen molar-refractivity contribution in [1.82, 2.24) is 4.90 Å². The van der Waals surface area contributed by atoms with Crippen molar-refractivity contribution in [3.05, 3.63) is 58.9 Å². The number of hydrogen-bond acceptors (Lipinski definition) is 3. The van der Waals surface area contributed by atoms with Crippen LogP contribution in [0.25, 0.3) is 0 Å². The van der Waals surface area contributed by atoms with Gasteiger partial charge in [-0.05, 0) is 36.9 Å². The quantitative estimate of drug-likeness (QED) is 0.897. The molecule has 1 N–H and O–H groups in total. The molecule has 1 amide bonds. The van der Waals surface area contributed by atoms with Crippen molar-refractivity contribution in [3.63, 3.8) is 0 Å². The highest BCUT2D eigenvalue weighted by Gasteiger charge is 2.20. The third-order valence-corrected chi connectivity index (χ3v) is 4.72. The molecule has 1 fully saturated rings. The first-order valence-electron chi connectivity index (χ1n) is 8.41. The van der Waals surface area contributed by atoms with E-state index in [9.17, 15) is 9.18 Å². The summed E-state index contributed by atoms with van der Waals surface area (Å²) in [5, 5.41) is 3.10. The standard InChI is InChI=1S/C19H21ClFN3O/c1-2-23-9-11-24(12-10-23)18-6-4-3-5-17(18)22-19(25)15-8-7-14(20)13-16(15)21/h3-8,13H,2,9-12H2,1H3,(H,22,25). The van der Waals surface area contributed by atoms with E-state index in [-0.39, 0.29) is 10.6 Å². The average Bonchev–Trinajstić information content (AvgIpc) is 2.62. The van der Waals surface area contributed by atoms with Gasteiger partial charge in [0.15, 0.2) is 0 Å². The van der Waals surface area contributed by atoms with Crippen LogP contribution in [-0.2, 0) is 0 Å². The van der Waals surface area contributed by atoms with Crippen LogP contribution < -0.4 is 10.2 Å². The molecule has 0 atom stereocenters. The van der Waals surface area contributed by atoms with Gasteiger partial charge in [-0.25, -0.2) is 4.39 Å². The van der Waals surface area contributed by atoms with Crippen LogP contribution in [0.4, 0.5) is 15.8 Å². The van der Waals surface area contributed by atoms with Gasteiger partial charge in [-0.15, -0.1) is 0 Å². The molecule has 0 spiro atoms. The Morgan fingerprint density at radius 1 is 1.16 bits per heavy atom. The lowest BCUT2D eigenvalue weighted by molar-refractivity contribution is 0.102. The van der Waals surface area contributed by atoms with Crippen LogP contribution in [0.15, 0.2) is 42.5 Å². The summed E-state index contributed by atoms with van der Waals surface area (Å²) in [4.78, 5) is 17.1. The number of anilines is 2. The molecule has 1 aliphatic heterocycles. The summed E-state index contributed by atoms with van der Waals surface area (Å²) in [5.74, 6) is -1.10. The maximum absolute atomic E-state index is 14.0. The molecule has 2 aromatic carbocycles. The number of amides is 1. The second kappa shape index (κ2) is 7.85. The van der Waals surface area contributed by atoms with Gasteiger partial charge in [0, 0.05) is 31.2 Å². The lowest BCUT2D eigenvalue weighted by Gasteiger charge is -2.36. The van der Waals surface area contributed by atoms with E-state index in [0.29, 0.717) is 5.69 Å². The molecule has 4 nitrogen and oxygen atoms in total. The Balaban J connectivity index is 1.78. The van der Waals surface area contributed by atoms with Crippen molar-refractivity contribution in [2.45, 2.75) is 6.92 Å². The molecule has 2 aromatic rings. The zero-order chi connectivity index (χ0) is 17.8. The normalized spacial score (nSPS) is 15.2. The predicted octanol–water partition coefficient (Wildman–Crippen LogP) is 3.87. The minimum atomic E-state index is -0.626. The van der Waals surface area contributed by atoms with E-state index in [4.69, 9.17) is 11.6 Å². The molecule has 0 aliphatic carbocycles. The molecule has 0 bridgehead atoms. The molecule has 1 aliphatic rings. The minimum absolute atomic E-state index is 0.0185. The SMILES string of the molecule is CCN1CCN(c2ccccc2NC(=O)c2ccc(Cl)cc2F)CC1. The van der Waals surface area contributed by atoms with Crippen LogP contribution in [0, 0.1) is 5.82 Å². The fourth-order valence-corrected chi connectivity index (χ4v) is 3.18. The van der Waals surface area contributed by atoms with Gasteiger partial charge in [0.25, 0.3) is 5.91 Å². The Bertz CT molecular complexity index is 760. The zero-order valence-electron chi connectivity index (χ0n) is 14.1. The maximum Gasteiger partial charge on any atom is 0.258 e. The van der Waals surface area contributed by atoms with Crippen molar-refractivity contribution in [2.24, 2.45) is 0 Å². The van der Waals surface area contributed by atoms with E-state index in [1.54, 1.807) is 0 Å². The molecule has 1 heterocycles. The first kappa shape index (κ1) is 17.7. The predicted molar refractivity (Wildman–Crippen MR) is 100 cm³/mol. The third-order valence-electron chi connectivity index (χ3n) is 4.49. The van der Waals surface area contributed by atoms with Gasteiger partial charge >= 0.3 is 0 Å². The number of nitrogens with one attached hydrogen (secondary N) is 1. The molecule has 0 saturated carbocycles. The summed E-state index contributed by atoms with van der Waals surface area (Å²) in [6.45, 7) is 6.98. The van der Waals surface area contributed by atoms with Crippen LogP contribution in [0.1, 0.15) is 17.3 Å². The molecule has 0 radical (unpaired) electrons.